The van der Waals surface area contributed by atoms with Crippen molar-refractivity contribution in [3.8, 4) is 0 Å². The molecule has 3 N–H and O–H groups in total. The molecule has 0 bridgehead atoms. The Kier molecular flexibility index (Phi) is 5.15. The van der Waals surface area contributed by atoms with Gasteiger partial charge in [0.15, 0.2) is 0 Å². The van der Waals surface area contributed by atoms with Gasteiger partial charge in [-0.25, -0.2) is 0 Å². The summed E-state index contributed by atoms with van der Waals surface area (Å²) in [6.45, 7) is 5.92. The van der Waals surface area contributed by atoms with Gasteiger partial charge in [0.25, 0.3) is 0 Å². The first-order valence-electron chi connectivity index (χ1n) is 7.32. The Morgan fingerprint density at radius 3 is 2.95 bits per heavy atom. The number of carbonyl (C=O) groups is 1. The fourth-order valence-corrected chi connectivity index (χ4v) is 2.70. The van der Waals surface area contributed by atoms with Gasteiger partial charge in [-0.3, -0.25) is 4.79 Å². The standard InChI is InChI=1S/C16H24N2O2/c1-11(2)7-13(19)9-18-16(20)15-10-17-8-12-5-3-4-6-14(12)15/h3-6,11,13,15,17,19H,7-10H2,1-2H3,(H,18,20). The monoisotopic (exact) mass is 276 g/mol. The molecule has 1 aromatic rings. The molecule has 1 aromatic carbocycles. The molecule has 4 nitrogen and oxygen atoms in total. The van der Waals surface area contributed by atoms with Crippen molar-refractivity contribution in [1.29, 1.82) is 0 Å². The van der Waals surface area contributed by atoms with Crippen molar-refractivity contribution in [1.82, 2.24) is 10.6 Å². The highest BCUT2D eigenvalue weighted by atomic mass is 16.3. The van der Waals surface area contributed by atoms with Gasteiger partial charge in [-0.1, -0.05) is 38.1 Å². The van der Waals surface area contributed by atoms with Crippen LogP contribution in [0.25, 0.3) is 0 Å². The Morgan fingerprint density at radius 1 is 1.45 bits per heavy atom. The van der Waals surface area contributed by atoms with Gasteiger partial charge < -0.3 is 15.7 Å². The Morgan fingerprint density at radius 2 is 2.20 bits per heavy atom. The molecule has 2 unspecified atom stereocenters. The Labute approximate surface area is 120 Å². The van der Waals surface area contributed by atoms with Crippen LogP contribution < -0.4 is 10.6 Å². The summed E-state index contributed by atoms with van der Waals surface area (Å²) < 4.78 is 0. The Balaban J connectivity index is 1.94. The third-order valence-electron chi connectivity index (χ3n) is 3.67. The number of rotatable bonds is 5. The minimum Gasteiger partial charge on any atom is -0.391 e. The third kappa shape index (κ3) is 3.81. The molecule has 2 atom stereocenters. The number of aliphatic hydroxyl groups is 1. The van der Waals surface area contributed by atoms with Crippen molar-refractivity contribution in [2.24, 2.45) is 5.92 Å². The summed E-state index contributed by atoms with van der Waals surface area (Å²) in [5.74, 6) is 0.262. The molecule has 0 aliphatic carbocycles. The summed E-state index contributed by atoms with van der Waals surface area (Å²) in [4.78, 5) is 12.3. The molecule has 110 valence electrons. The van der Waals surface area contributed by atoms with Crippen molar-refractivity contribution < 1.29 is 9.90 Å². The second-order valence-corrected chi connectivity index (χ2v) is 5.91. The molecule has 1 aliphatic rings. The maximum atomic E-state index is 12.3. The van der Waals surface area contributed by atoms with Crippen LogP contribution in [0.3, 0.4) is 0 Å². The summed E-state index contributed by atoms with van der Waals surface area (Å²) >= 11 is 0. The van der Waals surface area contributed by atoms with Crippen molar-refractivity contribution in [2.75, 3.05) is 13.1 Å². The molecule has 0 aromatic heterocycles. The van der Waals surface area contributed by atoms with Crippen LogP contribution in [0.1, 0.15) is 37.3 Å². The fraction of sp³-hybridized carbons (Fsp3) is 0.562. The highest BCUT2D eigenvalue weighted by molar-refractivity contribution is 5.84. The summed E-state index contributed by atoms with van der Waals surface area (Å²) in [6.07, 6.45) is 0.241. The maximum Gasteiger partial charge on any atom is 0.228 e. The molecule has 2 rings (SSSR count). The van der Waals surface area contributed by atoms with E-state index in [0.29, 0.717) is 25.4 Å². The van der Waals surface area contributed by atoms with Crippen LogP contribution in [0, 0.1) is 5.92 Å². The Bertz CT molecular complexity index is 460. The quantitative estimate of drug-likeness (QED) is 0.762. The molecule has 0 saturated heterocycles. The number of benzene rings is 1. The Hall–Kier alpha value is -1.39. The topological polar surface area (TPSA) is 61.4 Å². The van der Waals surface area contributed by atoms with E-state index in [1.165, 1.54) is 5.56 Å². The third-order valence-corrected chi connectivity index (χ3v) is 3.67. The van der Waals surface area contributed by atoms with E-state index in [2.05, 4.69) is 30.5 Å². The number of hydrogen-bond acceptors (Lipinski definition) is 3. The predicted molar refractivity (Wildman–Crippen MR) is 79.4 cm³/mol. The summed E-state index contributed by atoms with van der Waals surface area (Å²) in [6, 6.07) is 8.03. The van der Waals surface area contributed by atoms with Crippen LogP contribution in [-0.4, -0.2) is 30.2 Å². The summed E-state index contributed by atoms with van der Waals surface area (Å²) in [5.41, 5.74) is 2.28. The number of nitrogens with one attached hydrogen (secondary N) is 2. The first kappa shape index (κ1) is 15.0. The van der Waals surface area contributed by atoms with E-state index in [9.17, 15) is 9.90 Å². The number of amides is 1. The van der Waals surface area contributed by atoms with Gasteiger partial charge in [-0.05, 0) is 23.5 Å². The summed E-state index contributed by atoms with van der Waals surface area (Å²) in [7, 11) is 0. The average Bonchev–Trinajstić information content (AvgIpc) is 2.43. The largest absolute Gasteiger partial charge is 0.391 e. The minimum atomic E-state index is -0.467. The lowest BCUT2D eigenvalue weighted by molar-refractivity contribution is -0.123. The normalized spacial score (nSPS) is 19.5. The molecule has 0 radical (unpaired) electrons. The van der Waals surface area contributed by atoms with E-state index in [-0.39, 0.29) is 11.8 Å². The molecule has 0 fully saturated rings. The van der Waals surface area contributed by atoms with Crippen molar-refractivity contribution in [2.45, 2.75) is 38.8 Å². The average molecular weight is 276 g/mol. The molecule has 0 spiro atoms. The SMILES string of the molecule is CC(C)CC(O)CNC(=O)C1CNCc2ccccc21. The highest BCUT2D eigenvalue weighted by Gasteiger charge is 2.26. The van der Waals surface area contributed by atoms with E-state index in [1.807, 2.05) is 18.2 Å². The zero-order valence-corrected chi connectivity index (χ0v) is 12.2. The maximum absolute atomic E-state index is 12.3. The van der Waals surface area contributed by atoms with Gasteiger partial charge in [-0.2, -0.15) is 0 Å². The number of fused-ring (bicyclic) bond motifs is 1. The van der Waals surface area contributed by atoms with E-state index < -0.39 is 6.10 Å². The van der Waals surface area contributed by atoms with Crippen LogP contribution in [0.4, 0.5) is 0 Å². The zero-order chi connectivity index (χ0) is 14.5. The van der Waals surface area contributed by atoms with Crippen LogP contribution in [0.5, 0.6) is 0 Å². The summed E-state index contributed by atoms with van der Waals surface area (Å²) in [5, 5.41) is 16.0. The van der Waals surface area contributed by atoms with E-state index >= 15 is 0 Å². The number of aliphatic hydroxyl groups excluding tert-OH is 1. The first-order chi connectivity index (χ1) is 9.58. The lowest BCUT2D eigenvalue weighted by Gasteiger charge is -2.26. The predicted octanol–water partition coefficient (Wildman–Crippen LogP) is 1.40. The lowest BCUT2D eigenvalue weighted by Crippen LogP contribution is -2.41. The van der Waals surface area contributed by atoms with Crippen LogP contribution >= 0.6 is 0 Å². The van der Waals surface area contributed by atoms with Crippen molar-refractivity contribution in [3.63, 3.8) is 0 Å². The molecule has 4 heteroatoms. The van der Waals surface area contributed by atoms with Gasteiger partial charge in [0.2, 0.25) is 5.91 Å². The molecule has 20 heavy (non-hydrogen) atoms. The fourth-order valence-electron chi connectivity index (χ4n) is 2.70. The van der Waals surface area contributed by atoms with Crippen LogP contribution in [0.15, 0.2) is 24.3 Å². The molecular formula is C16H24N2O2. The van der Waals surface area contributed by atoms with Gasteiger partial charge in [0.1, 0.15) is 0 Å². The van der Waals surface area contributed by atoms with Gasteiger partial charge in [-0.15, -0.1) is 0 Å². The highest BCUT2D eigenvalue weighted by Crippen LogP contribution is 2.23. The molecule has 1 aliphatic heterocycles. The lowest BCUT2D eigenvalue weighted by atomic mass is 9.90. The second kappa shape index (κ2) is 6.86. The minimum absolute atomic E-state index is 0.00699. The molecule has 0 saturated carbocycles. The van der Waals surface area contributed by atoms with Crippen LogP contribution in [-0.2, 0) is 11.3 Å². The van der Waals surface area contributed by atoms with Crippen LogP contribution in [0.2, 0.25) is 0 Å². The smallest absolute Gasteiger partial charge is 0.228 e. The van der Waals surface area contributed by atoms with E-state index in [0.717, 1.165) is 12.1 Å². The van der Waals surface area contributed by atoms with Gasteiger partial charge >= 0.3 is 0 Å². The second-order valence-electron chi connectivity index (χ2n) is 5.91. The van der Waals surface area contributed by atoms with Gasteiger partial charge in [0, 0.05) is 19.6 Å². The van der Waals surface area contributed by atoms with E-state index in [4.69, 9.17) is 0 Å². The molecule has 1 amide bonds. The van der Waals surface area contributed by atoms with Crippen molar-refractivity contribution >= 4 is 5.91 Å². The zero-order valence-electron chi connectivity index (χ0n) is 12.2. The number of hydrogen-bond donors (Lipinski definition) is 3. The van der Waals surface area contributed by atoms with Gasteiger partial charge in [0.05, 0.1) is 12.0 Å². The van der Waals surface area contributed by atoms with Crippen molar-refractivity contribution in [3.05, 3.63) is 35.4 Å². The molecule has 1 heterocycles. The van der Waals surface area contributed by atoms with E-state index in [1.54, 1.807) is 0 Å². The molecular weight excluding hydrogens is 252 g/mol. The number of carbonyl (C=O) groups excluding carboxylic acids is 1. The first-order valence-corrected chi connectivity index (χ1v) is 7.32.